The maximum atomic E-state index is 6.09. The number of aromatic nitrogens is 3. The first kappa shape index (κ1) is 13.4. The molecule has 0 radical (unpaired) electrons. The number of thiazole rings is 1. The molecular formula is C14H15ClN4S. The molecule has 3 aromatic rings. The van der Waals surface area contributed by atoms with E-state index in [0.29, 0.717) is 11.0 Å². The first-order valence-corrected chi connectivity index (χ1v) is 7.53. The van der Waals surface area contributed by atoms with Crippen LogP contribution in [0.4, 0.5) is 5.95 Å². The van der Waals surface area contributed by atoms with Gasteiger partial charge in [0, 0.05) is 5.02 Å². The van der Waals surface area contributed by atoms with Crippen LogP contribution in [0.3, 0.4) is 0 Å². The van der Waals surface area contributed by atoms with Crippen molar-refractivity contribution in [2.45, 2.75) is 26.8 Å². The highest BCUT2D eigenvalue weighted by Gasteiger charge is 2.19. The molecule has 6 heteroatoms. The fraction of sp³-hybridized carbons (Fsp3) is 0.286. The van der Waals surface area contributed by atoms with Crippen LogP contribution in [-0.2, 0) is 0 Å². The largest absolute Gasteiger partial charge is 0.369 e. The molecule has 3 rings (SSSR count). The molecule has 2 aromatic heterocycles. The molecule has 0 aliphatic carbocycles. The smallest absolute Gasteiger partial charge is 0.201 e. The molecule has 20 heavy (non-hydrogen) atoms. The van der Waals surface area contributed by atoms with Crippen molar-refractivity contribution >= 4 is 39.9 Å². The standard InChI is InChI=1S/C14H15ClN4S/c1-7-13(20-9(3)17-7)8(2)19-12-6-10(15)4-5-11(12)18-14(19)16/h4-6,8H,1-3H3,(H2,16,18). The summed E-state index contributed by atoms with van der Waals surface area (Å²) >= 11 is 7.79. The van der Waals surface area contributed by atoms with E-state index in [1.165, 1.54) is 4.88 Å². The number of benzene rings is 1. The van der Waals surface area contributed by atoms with Gasteiger partial charge in [-0.1, -0.05) is 11.6 Å². The predicted molar refractivity (Wildman–Crippen MR) is 84.6 cm³/mol. The third-order valence-electron chi connectivity index (χ3n) is 3.38. The average molecular weight is 307 g/mol. The maximum Gasteiger partial charge on any atom is 0.201 e. The van der Waals surface area contributed by atoms with Crippen LogP contribution in [0, 0.1) is 13.8 Å². The number of nitrogens with zero attached hydrogens (tertiary/aromatic N) is 3. The lowest BCUT2D eigenvalue weighted by molar-refractivity contribution is 0.674. The fourth-order valence-electron chi connectivity index (χ4n) is 2.54. The topological polar surface area (TPSA) is 56.7 Å². The van der Waals surface area contributed by atoms with Gasteiger partial charge in [0.2, 0.25) is 5.95 Å². The Kier molecular flexibility index (Phi) is 3.18. The summed E-state index contributed by atoms with van der Waals surface area (Å²) in [4.78, 5) is 10.1. The molecule has 0 saturated heterocycles. The highest BCUT2D eigenvalue weighted by atomic mass is 35.5. The summed E-state index contributed by atoms with van der Waals surface area (Å²) in [6, 6.07) is 5.71. The Hall–Kier alpha value is -1.59. The first-order valence-electron chi connectivity index (χ1n) is 6.34. The predicted octanol–water partition coefficient (Wildman–Crippen LogP) is 3.95. The number of rotatable bonds is 2. The third-order valence-corrected chi connectivity index (χ3v) is 4.86. The summed E-state index contributed by atoms with van der Waals surface area (Å²) in [6.07, 6.45) is 0. The van der Waals surface area contributed by atoms with Crippen molar-refractivity contribution in [1.82, 2.24) is 14.5 Å². The van der Waals surface area contributed by atoms with Gasteiger partial charge in [-0.15, -0.1) is 11.3 Å². The van der Waals surface area contributed by atoms with Crippen molar-refractivity contribution in [3.8, 4) is 0 Å². The number of nitrogens with two attached hydrogens (primary N) is 1. The van der Waals surface area contributed by atoms with Crippen molar-refractivity contribution in [3.63, 3.8) is 0 Å². The lowest BCUT2D eigenvalue weighted by atomic mass is 10.2. The van der Waals surface area contributed by atoms with Gasteiger partial charge in [0.25, 0.3) is 0 Å². The maximum absolute atomic E-state index is 6.09. The van der Waals surface area contributed by atoms with Gasteiger partial charge in [0.05, 0.1) is 32.7 Å². The zero-order valence-electron chi connectivity index (χ0n) is 11.5. The van der Waals surface area contributed by atoms with Crippen LogP contribution >= 0.6 is 22.9 Å². The molecule has 0 spiro atoms. The summed E-state index contributed by atoms with van der Waals surface area (Å²) in [7, 11) is 0. The van der Waals surface area contributed by atoms with Crippen molar-refractivity contribution in [2.24, 2.45) is 0 Å². The van der Waals surface area contributed by atoms with E-state index < -0.39 is 0 Å². The molecule has 0 amide bonds. The Morgan fingerprint density at radius 2 is 2.05 bits per heavy atom. The van der Waals surface area contributed by atoms with E-state index >= 15 is 0 Å². The highest BCUT2D eigenvalue weighted by Crippen LogP contribution is 2.33. The monoisotopic (exact) mass is 306 g/mol. The molecule has 4 nitrogen and oxygen atoms in total. The van der Waals surface area contributed by atoms with Gasteiger partial charge in [0.15, 0.2) is 0 Å². The lowest BCUT2D eigenvalue weighted by Gasteiger charge is -2.15. The quantitative estimate of drug-likeness (QED) is 0.780. The van der Waals surface area contributed by atoms with Crippen LogP contribution < -0.4 is 5.73 Å². The minimum absolute atomic E-state index is 0.0877. The van der Waals surface area contributed by atoms with E-state index in [1.54, 1.807) is 11.3 Å². The Morgan fingerprint density at radius 3 is 2.70 bits per heavy atom. The van der Waals surface area contributed by atoms with Crippen LogP contribution in [0.1, 0.15) is 28.5 Å². The highest BCUT2D eigenvalue weighted by molar-refractivity contribution is 7.11. The Balaban J connectivity index is 2.20. The van der Waals surface area contributed by atoms with Gasteiger partial charge < -0.3 is 10.3 Å². The minimum Gasteiger partial charge on any atom is -0.369 e. The molecule has 1 atom stereocenters. The van der Waals surface area contributed by atoms with E-state index in [9.17, 15) is 0 Å². The number of hydrogen-bond donors (Lipinski definition) is 1. The third kappa shape index (κ3) is 2.07. The normalized spacial score (nSPS) is 13.0. The summed E-state index contributed by atoms with van der Waals surface area (Å²) < 4.78 is 2.02. The average Bonchev–Trinajstić information content (AvgIpc) is 2.87. The van der Waals surface area contributed by atoms with Gasteiger partial charge in [-0.05, 0) is 39.0 Å². The van der Waals surface area contributed by atoms with E-state index in [-0.39, 0.29) is 6.04 Å². The molecule has 2 heterocycles. The van der Waals surface area contributed by atoms with Crippen molar-refractivity contribution in [2.75, 3.05) is 5.73 Å². The number of fused-ring (bicyclic) bond motifs is 1. The number of halogens is 1. The Labute approximate surface area is 126 Å². The second-order valence-electron chi connectivity index (χ2n) is 4.83. The molecule has 0 aliphatic heterocycles. The van der Waals surface area contributed by atoms with Crippen molar-refractivity contribution < 1.29 is 0 Å². The summed E-state index contributed by atoms with van der Waals surface area (Å²) in [5.41, 5.74) is 8.95. The zero-order chi connectivity index (χ0) is 14.4. The van der Waals surface area contributed by atoms with Gasteiger partial charge in [0.1, 0.15) is 0 Å². The number of anilines is 1. The van der Waals surface area contributed by atoms with Crippen LogP contribution in [0.2, 0.25) is 5.02 Å². The van der Waals surface area contributed by atoms with E-state index in [1.807, 2.05) is 36.6 Å². The van der Waals surface area contributed by atoms with Crippen molar-refractivity contribution in [1.29, 1.82) is 0 Å². The number of aryl methyl sites for hydroxylation is 2. The molecule has 0 saturated carbocycles. The van der Waals surface area contributed by atoms with E-state index in [0.717, 1.165) is 21.7 Å². The Bertz CT molecular complexity index is 790. The molecule has 0 bridgehead atoms. The van der Waals surface area contributed by atoms with Gasteiger partial charge in [-0.25, -0.2) is 9.97 Å². The molecule has 104 valence electrons. The van der Waals surface area contributed by atoms with E-state index in [4.69, 9.17) is 17.3 Å². The molecule has 0 aliphatic rings. The van der Waals surface area contributed by atoms with E-state index in [2.05, 4.69) is 16.9 Å². The van der Waals surface area contributed by atoms with Gasteiger partial charge >= 0.3 is 0 Å². The number of imidazole rings is 1. The summed E-state index contributed by atoms with van der Waals surface area (Å²) in [5.74, 6) is 0.500. The molecule has 1 unspecified atom stereocenters. The van der Waals surface area contributed by atoms with Crippen molar-refractivity contribution in [3.05, 3.63) is 38.8 Å². The van der Waals surface area contributed by atoms with Gasteiger partial charge in [-0.2, -0.15) is 0 Å². The minimum atomic E-state index is 0.0877. The second kappa shape index (κ2) is 4.75. The summed E-state index contributed by atoms with van der Waals surface area (Å²) in [5, 5.41) is 1.74. The lowest BCUT2D eigenvalue weighted by Crippen LogP contribution is -2.10. The fourth-order valence-corrected chi connectivity index (χ4v) is 3.68. The SMILES string of the molecule is Cc1nc(C)c(C(C)n2c(N)nc3ccc(Cl)cc32)s1. The Morgan fingerprint density at radius 1 is 1.30 bits per heavy atom. The number of hydrogen-bond acceptors (Lipinski definition) is 4. The van der Waals surface area contributed by atoms with Crippen LogP contribution in [0.5, 0.6) is 0 Å². The first-order chi connectivity index (χ1) is 9.47. The number of nitrogen functional groups attached to an aromatic ring is 1. The van der Waals surface area contributed by atoms with Gasteiger partial charge in [-0.3, -0.25) is 0 Å². The van der Waals surface area contributed by atoms with Crippen LogP contribution in [0.25, 0.3) is 11.0 Å². The molecular weight excluding hydrogens is 292 g/mol. The van der Waals surface area contributed by atoms with Crippen LogP contribution in [0.15, 0.2) is 18.2 Å². The second-order valence-corrected chi connectivity index (χ2v) is 6.50. The molecule has 0 fully saturated rings. The van der Waals surface area contributed by atoms with Crippen LogP contribution in [-0.4, -0.2) is 14.5 Å². The zero-order valence-corrected chi connectivity index (χ0v) is 13.1. The summed E-state index contributed by atoms with van der Waals surface area (Å²) in [6.45, 7) is 6.15. The molecule has 2 N–H and O–H groups in total. The molecule has 1 aromatic carbocycles.